The number of pyridine rings is 1. The van der Waals surface area contributed by atoms with Crippen LogP contribution in [0.3, 0.4) is 0 Å². The number of carbonyl (C=O) groups excluding carboxylic acids is 1. The summed E-state index contributed by atoms with van der Waals surface area (Å²) in [5.41, 5.74) is -0.362. The van der Waals surface area contributed by atoms with E-state index >= 15 is 0 Å². The van der Waals surface area contributed by atoms with Crippen molar-refractivity contribution in [2.45, 2.75) is 24.4 Å². The molecule has 1 saturated heterocycles. The summed E-state index contributed by atoms with van der Waals surface area (Å²) in [7, 11) is 0. The van der Waals surface area contributed by atoms with Gasteiger partial charge in [-0.15, -0.1) is 0 Å². The topological polar surface area (TPSA) is 89.2 Å². The van der Waals surface area contributed by atoms with Gasteiger partial charge in [-0.3, -0.25) is 4.79 Å². The number of rotatable bonds is 3. The van der Waals surface area contributed by atoms with Gasteiger partial charge in [0.15, 0.2) is 0 Å². The zero-order chi connectivity index (χ0) is 18.9. The monoisotopic (exact) mass is 390 g/mol. The Balaban J connectivity index is 1.85. The molecule has 26 heavy (non-hydrogen) atoms. The number of halogens is 2. The van der Waals surface area contributed by atoms with Crippen LogP contribution in [0, 0.1) is 11.3 Å². The summed E-state index contributed by atoms with van der Waals surface area (Å²) >= 11 is 12.7. The summed E-state index contributed by atoms with van der Waals surface area (Å²) in [6.07, 6.45) is 1.91. The molecule has 1 fully saturated rings. The minimum Gasteiger partial charge on any atom is -0.382 e. The summed E-state index contributed by atoms with van der Waals surface area (Å²) in [6, 6.07) is 10.4. The molecule has 1 aliphatic heterocycles. The van der Waals surface area contributed by atoms with Gasteiger partial charge in [-0.25, -0.2) is 4.98 Å². The quantitative estimate of drug-likeness (QED) is 0.620. The Hall–Kier alpha value is -2.33. The fourth-order valence-electron chi connectivity index (χ4n) is 3.00. The lowest BCUT2D eigenvalue weighted by atomic mass is 9.94. The number of carbonyl (C=O) groups is 1. The minimum absolute atomic E-state index is 0.219. The molecule has 134 valence electrons. The fraction of sp³-hybridized carbons (Fsp3) is 0.278. The summed E-state index contributed by atoms with van der Waals surface area (Å²) < 4.78 is 0. The van der Waals surface area contributed by atoms with Gasteiger partial charge in [0.05, 0.1) is 10.6 Å². The van der Waals surface area contributed by atoms with E-state index < -0.39 is 11.1 Å². The Morgan fingerprint density at radius 3 is 2.81 bits per heavy atom. The molecule has 0 bridgehead atoms. The van der Waals surface area contributed by atoms with E-state index in [0.29, 0.717) is 34.9 Å². The largest absolute Gasteiger partial charge is 0.382 e. The highest BCUT2D eigenvalue weighted by Gasteiger charge is 2.47. The standard InChI is InChI=1S/C18H16Cl2N4O2/c1-11(25)23-16-5-3-13(10-22-16)18(26)6-7-24(17(18)20)14-4-2-12(9-21)15(19)8-14/h2-5,8,10,17,26H,6-7H2,1H3,(H,22,23,25)/t17-,18-/m1/s1. The van der Waals surface area contributed by atoms with E-state index in [1.807, 2.05) is 11.0 Å². The highest BCUT2D eigenvalue weighted by Crippen LogP contribution is 2.42. The van der Waals surface area contributed by atoms with Crippen LogP contribution in [-0.4, -0.2) is 28.0 Å². The van der Waals surface area contributed by atoms with Crippen molar-refractivity contribution in [2.75, 3.05) is 16.8 Å². The third-order valence-electron chi connectivity index (χ3n) is 4.37. The summed E-state index contributed by atoms with van der Waals surface area (Å²) in [5, 5.41) is 23.0. The van der Waals surface area contributed by atoms with Crippen molar-refractivity contribution >= 4 is 40.6 Å². The Morgan fingerprint density at radius 2 is 2.23 bits per heavy atom. The molecule has 2 N–H and O–H groups in total. The van der Waals surface area contributed by atoms with Gasteiger partial charge < -0.3 is 15.3 Å². The van der Waals surface area contributed by atoms with Crippen LogP contribution in [0.5, 0.6) is 0 Å². The molecule has 2 atom stereocenters. The van der Waals surface area contributed by atoms with Crippen molar-refractivity contribution in [1.29, 1.82) is 5.26 Å². The van der Waals surface area contributed by atoms with Crippen molar-refractivity contribution in [3.05, 3.63) is 52.7 Å². The number of anilines is 2. The fourth-order valence-corrected chi connectivity index (χ4v) is 3.66. The second kappa shape index (κ2) is 7.12. The van der Waals surface area contributed by atoms with Crippen LogP contribution in [0.15, 0.2) is 36.5 Å². The Bertz CT molecular complexity index is 882. The lowest BCUT2D eigenvalue weighted by Crippen LogP contribution is -2.38. The van der Waals surface area contributed by atoms with E-state index in [9.17, 15) is 9.90 Å². The molecule has 8 heteroatoms. The SMILES string of the molecule is CC(=O)Nc1ccc([C@]2(O)CCN(c3ccc(C#N)c(Cl)c3)[C@H]2Cl)cn1. The molecule has 0 unspecified atom stereocenters. The van der Waals surface area contributed by atoms with Crippen molar-refractivity contribution < 1.29 is 9.90 Å². The minimum atomic E-state index is -1.30. The molecule has 1 aromatic heterocycles. The Kier molecular flexibility index (Phi) is 5.05. The maximum Gasteiger partial charge on any atom is 0.222 e. The molecule has 1 aromatic carbocycles. The molecule has 0 radical (unpaired) electrons. The number of nitriles is 1. The van der Waals surface area contributed by atoms with Gasteiger partial charge in [0.25, 0.3) is 0 Å². The van der Waals surface area contributed by atoms with Gasteiger partial charge in [0, 0.05) is 37.3 Å². The van der Waals surface area contributed by atoms with Gasteiger partial charge in [-0.05, 0) is 24.3 Å². The molecule has 3 rings (SSSR count). The van der Waals surface area contributed by atoms with E-state index in [0.717, 1.165) is 5.69 Å². The van der Waals surface area contributed by atoms with Crippen LogP contribution >= 0.6 is 23.2 Å². The zero-order valence-corrected chi connectivity index (χ0v) is 15.4. The first-order valence-corrected chi connectivity index (χ1v) is 8.73. The molecule has 0 spiro atoms. The third-order valence-corrected chi connectivity index (χ3v) is 5.28. The van der Waals surface area contributed by atoms with E-state index in [1.165, 1.54) is 13.1 Å². The van der Waals surface area contributed by atoms with Crippen LogP contribution in [0.25, 0.3) is 0 Å². The molecular weight excluding hydrogens is 375 g/mol. The number of nitrogens with zero attached hydrogens (tertiary/aromatic N) is 3. The number of amides is 1. The van der Waals surface area contributed by atoms with Crippen molar-refractivity contribution in [2.24, 2.45) is 0 Å². The number of aliphatic hydroxyl groups is 1. The summed E-state index contributed by atoms with van der Waals surface area (Å²) in [6.45, 7) is 1.91. The number of alkyl halides is 1. The van der Waals surface area contributed by atoms with Gasteiger partial charge in [-0.2, -0.15) is 5.26 Å². The maximum absolute atomic E-state index is 11.1. The van der Waals surface area contributed by atoms with Gasteiger partial charge in [0.1, 0.15) is 23.0 Å². The zero-order valence-electron chi connectivity index (χ0n) is 13.9. The molecule has 1 amide bonds. The van der Waals surface area contributed by atoms with Gasteiger partial charge >= 0.3 is 0 Å². The first-order valence-electron chi connectivity index (χ1n) is 7.92. The van der Waals surface area contributed by atoms with Gasteiger partial charge in [-0.1, -0.05) is 29.3 Å². The van der Waals surface area contributed by atoms with Crippen LogP contribution in [-0.2, 0) is 10.4 Å². The van der Waals surface area contributed by atoms with E-state index in [4.69, 9.17) is 28.5 Å². The highest BCUT2D eigenvalue weighted by molar-refractivity contribution is 6.32. The number of nitrogens with one attached hydrogen (secondary N) is 1. The molecule has 2 aromatic rings. The van der Waals surface area contributed by atoms with E-state index in [1.54, 1.807) is 30.3 Å². The second-order valence-electron chi connectivity index (χ2n) is 6.09. The predicted molar refractivity (Wildman–Crippen MR) is 100 cm³/mol. The second-order valence-corrected chi connectivity index (χ2v) is 6.91. The molecular formula is C18H16Cl2N4O2. The van der Waals surface area contributed by atoms with Crippen molar-refractivity contribution in [3.8, 4) is 6.07 Å². The van der Waals surface area contributed by atoms with Crippen molar-refractivity contribution in [3.63, 3.8) is 0 Å². The maximum atomic E-state index is 11.1. The first-order chi connectivity index (χ1) is 12.3. The summed E-state index contributed by atoms with van der Waals surface area (Å²) in [4.78, 5) is 17.1. The van der Waals surface area contributed by atoms with Crippen molar-refractivity contribution in [1.82, 2.24) is 4.98 Å². The average Bonchev–Trinajstić information content (AvgIpc) is 2.91. The molecule has 6 nitrogen and oxygen atoms in total. The van der Waals surface area contributed by atoms with Crippen LogP contribution in [0.1, 0.15) is 24.5 Å². The number of benzene rings is 1. The van der Waals surface area contributed by atoms with E-state index in [2.05, 4.69) is 10.3 Å². The van der Waals surface area contributed by atoms with Gasteiger partial charge in [0.2, 0.25) is 5.91 Å². The summed E-state index contributed by atoms with van der Waals surface area (Å²) in [5.74, 6) is 0.189. The predicted octanol–water partition coefficient (Wildman–Crippen LogP) is 3.23. The van der Waals surface area contributed by atoms with Crippen LogP contribution < -0.4 is 10.2 Å². The Labute approximate surface area is 161 Å². The Morgan fingerprint density at radius 1 is 1.46 bits per heavy atom. The molecule has 2 heterocycles. The lowest BCUT2D eigenvalue weighted by Gasteiger charge is -2.31. The lowest BCUT2D eigenvalue weighted by molar-refractivity contribution is -0.114. The molecule has 0 aliphatic carbocycles. The third kappa shape index (κ3) is 3.34. The molecule has 1 aliphatic rings. The number of hydrogen-bond donors (Lipinski definition) is 2. The number of aromatic nitrogens is 1. The number of hydrogen-bond acceptors (Lipinski definition) is 5. The van der Waals surface area contributed by atoms with Crippen LogP contribution in [0.4, 0.5) is 11.5 Å². The highest BCUT2D eigenvalue weighted by atomic mass is 35.5. The average molecular weight is 391 g/mol. The smallest absolute Gasteiger partial charge is 0.222 e. The first kappa shape index (κ1) is 18.5. The normalized spacial score (nSPS) is 22.1. The molecule has 0 saturated carbocycles. The van der Waals surface area contributed by atoms with Crippen LogP contribution in [0.2, 0.25) is 5.02 Å². The van der Waals surface area contributed by atoms with E-state index in [-0.39, 0.29) is 5.91 Å².